The van der Waals surface area contributed by atoms with E-state index in [4.69, 9.17) is 4.98 Å². The third kappa shape index (κ3) is 4.81. The molecule has 0 saturated heterocycles. The summed E-state index contributed by atoms with van der Waals surface area (Å²) in [6, 6.07) is 17.1. The van der Waals surface area contributed by atoms with Gasteiger partial charge < -0.3 is 5.32 Å². The fraction of sp³-hybridized carbons (Fsp3) is 0.318. The quantitative estimate of drug-likeness (QED) is 0.489. The predicted molar refractivity (Wildman–Crippen MR) is 115 cm³/mol. The van der Waals surface area contributed by atoms with Crippen LogP contribution in [0.5, 0.6) is 0 Å². The number of carbonyl (C=O) groups excluding carboxylic acids is 1. The number of hydrogen-bond donors (Lipinski definition) is 1. The molecule has 2 aromatic carbocycles. The number of aromatic nitrogens is 2. The zero-order valence-corrected chi connectivity index (χ0v) is 17.2. The van der Waals surface area contributed by atoms with Crippen LogP contribution < -0.4 is 10.9 Å². The lowest BCUT2D eigenvalue weighted by Crippen LogP contribution is -2.34. The number of nitrogens with one attached hydrogen (secondary N) is 1. The number of para-hydroxylation sites is 1. The predicted octanol–water partition coefficient (Wildman–Crippen LogP) is 3.70. The normalized spacial score (nSPS) is 12.3. The summed E-state index contributed by atoms with van der Waals surface area (Å²) >= 11 is 1.32. The van der Waals surface area contributed by atoms with Crippen molar-refractivity contribution in [2.24, 2.45) is 5.92 Å². The summed E-state index contributed by atoms with van der Waals surface area (Å²) in [5.41, 5.74) is 1.57. The average molecular weight is 396 g/mol. The molecule has 1 aromatic heterocycles. The van der Waals surface area contributed by atoms with Crippen LogP contribution in [-0.2, 0) is 11.3 Å². The van der Waals surface area contributed by atoms with E-state index in [1.54, 1.807) is 10.6 Å². The molecule has 3 aromatic rings. The molecule has 28 heavy (non-hydrogen) atoms. The molecule has 0 unspecified atom stereocenters. The van der Waals surface area contributed by atoms with Gasteiger partial charge in [-0.2, -0.15) is 0 Å². The van der Waals surface area contributed by atoms with Gasteiger partial charge in [0.1, 0.15) is 0 Å². The zero-order chi connectivity index (χ0) is 20.1. The molecule has 1 heterocycles. The fourth-order valence-corrected chi connectivity index (χ4v) is 3.74. The number of thioether (sulfide) groups is 1. The molecule has 0 spiro atoms. The highest BCUT2D eigenvalue weighted by Crippen LogP contribution is 2.23. The molecule has 0 bridgehead atoms. The fourth-order valence-electron chi connectivity index (χ4n) is 2.80. The molecule has 0 aliphatic carbocycles. The maximum absolute atomic E-state index is 13.1. The van der Waals surface area contributed by atoms with Crippen molar-refractivity contribution < 1.29 is 4.79 Å². The molecule has 0 aliphatic rings. The monoisotopic (exact) mass is 395 g/mol. The van der Waals surface area contributed by atoms with Crippen molar-refractivity contribution in [3.05, 3.63) is 70.5 Å². The molecule has 146 valence electrons. The number of fused-ring (bicyclic) bond motifs is 1. The summed E-state index contributed by atoms with van der Waals surface area (Å²) in [5, 5.41) is 3.73. The van der Waals surface area contributed by atoms with Gasteiger partial charge in [0.05, 0.1) is 22.7 Å². The molecule has 5 nitrogen and oxygen atoms in total. The van der Waals surface area contributed by atoms with E-state index < -0.39 is 0 Å². The van der Waals surface area contributed by atoms with Crippen LogP contribution in [0.25, 0.3) is 10.9 Å². The lowest BCUT2D eigenvalue weighted by molar-refractivity contribution is -0.120. The molecule has 6 heteroatoms. The van der Waals surface area contributed by atoms with Crippen molar-refractivity contribution >= 4 is 28.6 Å². The topological polar surface area (TPSA) is 64.0 Å². The number of hydrogen-bond acceptors (Lipinski definition) is 4. The number of amides is 1. The minimum Gasteiger partial charge on any atom is -0.355 e. The number of nitrogens with zero attached hydrogens (tertiary/aromatic N) is 2. The smallest absolute Gasteiger partial charge is 0.262 e. The van der Waals surface area contributed by atoms with Crippen molar-refractivity contribution in [2.75, 3.05) is 6.54 Å². The molecular weight excluding hydrogens is 370 g/mol. The highest BCUT2D eigenvalue weighted by molar-refractivity contribution is 8.00. The second-order valence-electron chi connectivity index (χ2n) is 7.19. The summed E-state index contributed by atoms with van der Waals surface area (Å²) in [6.45, 7) is 7.00. The minimum absolute atomic E-state index is 0.0487. The molecule has 0 saturated carbocycles. The zero-order valence-electron chi connectivity index (χ0n) is 16.4. The van der Waals surface area contributed by atoms with Gasteiger partial charge in [-0.15, -0.1) is 0 Å². The molecule has 3 rings (SSSR count). The Morgan fingerprint density at radius 2 is 1.75 bits per heavy atom. The summed E-state index contributed by atoms with van der Waals surface area (Å²) in [7, 11) is 0. The Morgan fingerprint density at radius 3 is 2.46 bits per heavy atom. The number of benzene rings is 2. The summed E-state index contributed by atoms with van der Waals surface area (Å²) in [5.74, 6) is 0.337. The number of carbonyl (C=O) groups is 1. The van der Waals surface area contributed by atoms with E-state index in [1.807, 2.05) is 55.5 Å². The molecule has 1 N–H and O–H groups in total. The van der Waals surface area contributed by atoms with Gasteiger partial charge in [-0.3, -0.25) is 14.2 Å². The maximum Gasteiger partial charge on any atom is 0.262 e. The Balaban J connectivity index is 1.96. The van der Waals surface area contributed by atoms with Gasteiger partial charge in [0.2, 0.25) is 5.91 Å². The van der Waals surface area contributed by atoms with Gasteiger partial charge in [0.25, 0.3) is 5.56 Å². The van der Waals surface area contributed by atoms with E-state index in [-0.39, 0.29) is 16.7 Å². The van der Waals surface area contributed by atoms with E-state index in [1.165, 1.54) is 11.8 Å². The second-order valence-corrected chi connectivity index (χ2v) is 8.50. The van der Waals surface area contributed by atoms with Gasteiger partial charge >= 0.3 is 0 Å². The van der Waals surface area contributed by atoms with Crippen LogP contribution in [0.1, 0.15) is 26.3 Å². The number of rotatable bonds is 7. The van der Waals surface area contributed by atoms with E-state index in [0.29, 0.717) is 35.1 Å². The minimum atomic E-state index is -0.353. The van der Waals surface area contributed by atoms with Crippen LogP contribution in [0.15, 0.2) is 64.5 Å². The molecule has 0 aliphatic heterocycles. The van der Waals surface area contributed by atoms with Gasteiger partial charge in [0, 0.05) is 6.54 Å². The lowest BCUT2D eigenvalue weighted by atomic mass is 10.2. The third-order valence-electron chi connectivity index (χ3n) is 4.35. The maximum atomic E-state index is 13.1. The van der Waals surface area contributed by atoms with Crippen LogP contribution >= 0.6 is 11.8 Å². The first-order valence-electron chi connectivity index (χ1n) is 9.43. The largest absolute Gasteiger partial charge is 0.355 e. The lowest BCUT2D eigenvalue weighted by Gasteiger charge is -2.17. The van der Waals surface area contributed by atoms with Crippen molar-refractivity contribution in [1.29, 1.82) is 0 Å². The molecule has 1 amide bonds. The van der Waals surface area contributed by atoms with Gasteiger partial charge in [0.15, 0.2) is 5.16 Å². The summed E-state index contributed by atoms with van der Waals surface area (Å²) in [4.78, 5) is 30.2. The molecule has 0 radical (unpaired) electrons. The summed E-state index contributed by atoms with van der Waals surface area (Å²) in [6.07, 6.45) is 0. The Bertz CT molecular complexity index is 1020. The Hall–Kier alpha value is -2.60. The van der Waals surface area contributed by atoms with E-state index in [9.17, 15) is 9.59 Å². The molecule has 1 atom stereocenters. The van der Waals surface area contributed by atoms with Gasteiger partial charge in [-0.25, -0.2) is 4.98 Å². The van der Waals surface area contributed by atoms with Crippen LogP contribution in [0.4, 0.5) is 0 Å². The first kappa shape index (κ1) is 20.1. The van der Waals surface area contributed by atoms with Crippen molar-refractivity contribution in [3.8, 4) is 0 Å². The van der Waals surface area contributed by atoms with E-state index in [0.717, 1.165) is 5.56 Å². The van der Waals surface area contributed by atoms with Crippen molar-refractivity contribution in [3.63, 3.8) is 0 Å². The SMILES string of the molecule is CC(C)CNC(=O)[C@@H](C)Sc1nc2ccccc2c(=O)n1Cc1ccccc1. The van der Waals surface area contributed by atoms with Crippen LogP contribution in [0, 0.1) is 5.92 Å². The molecule has 0 fully saturated rings. The van der Waals surface area contributed by atoms with E-state index in [2.05, 4.69) is 19.2 Å². The summed E-state index contributed by atoms with van der Waals surface area (Å²) < 4.78 is 1.66. The van der Waals surface area contributed by atoms with Crippen LogP contribution in [0.3, 0.4) is 0 Å². The van der Waals surface area contributed by atoms with Crippen molar-refractivity contribution in [1.82, 2.24) is 14.9 Å². The van der Waals surface area contributed by atoms with E-state index >= 15 is 0 Å². The van der Waals surface area contributed by atoms with Crippen molar-refractivity contribution in [2.45, 2.75) is 37.7 Å². The van der Waals surface area contributed by atoms with Gasteiger partial charge in [-0.1, -0.05) is 68.1 Å². The highest BCUT2D eigenvalue weighted by Gasteiger charge is 2.19. The first-order chi connectivity index (χ1) is 13.5. The second kappa shape index (κ2) is 9.06. The first-order valence-corrected chi connectivity index (χ1v) is 10.3. The van der Waals surface area contributed by atoms with Crippen LogP contribution in [-0.4, -0.2) is 27.3 Å². The highest BCUT2D eigenvalue weighted by atomic mass is 32.2. The third-order valence-corrected chi connectivity index (χ3v) is 5.44. The Morgan fingerprint density at radius 1 is 1.07 bits per heavy atom. The Labute approximate surface area is 169 Å². The average Bonchev–Trinajstić information content (AvgIpc) is 2.69. The van der Waals surface area contributed by atoms with Gasteiger partial charge in [-0.05, 0) is 30.5 Å². The standard InChI is InChI=1S/C22H25N3O2S/c1-15(2)13-23-20(26)16(3)28-22-24-19-12-8-7-11-18(19)21(27)25(22)14-17-9-5-4-6-10-17/h4-12,15-16H,13-14H2,1-3H3,(H,23,26)/t16-/m1/s1. The van der Waals surface area contributed by atoms with Crippen LogP contribution in [0.2, 0.25) is 0 Å². The Kier molecular flexibility index (Phi) is 6.52. The molecular formula is C22H25N3O2S.